The molecule has 2 heterocycles. The fraction of sp³-hybridized carbons (Fsp3) is 0.179. The number of pyridine rings is 1. The maximum absolute atomic E-state index is 14.0. The van der Waals surface area contributed by atoms with Crippen molar-refractivity contribution in [3.63, 3.8) is 0 Å². The van der Waals surface area contributed by atoms with E-state index in [2.05, 4.69) is 9.71 Å². The SMILES string of the molecule is COc1cc(C(=O)N2CCN(C(=O)c3c(F)cccc3F)CC2)ccc1NS(=O)(=O)c1cccc2cccnc12. The molecule has 0 bridgehead atoms. The highest BCUT2D eigenvalue weighted by molar-refractivity contribution is 7.93. The summed E-state index contributed by atoms with van der Waals surface area (Å²) in [6, 6.07) is 15.9. The van der Waals surface area contributed by atoms with E-state index in [4.69, 9.17) is 4.74 Å². The van der Waals surface area contributed by atoms with Gasteiger partial charge in [-0.25, -0.2) is 17.2 Å². The number of fused-ring (bicyclic) bond motifs is 1. The third-order valence-corrected chi connectivity index (χ3v) is 8.01. The van der Waals surface area contributed by atoms with Crippen LogP contribution in [0.1, 0.15) is 20.7 Å². The summed E-state index contributed by atoms with van der Waals surface area (Å²) < 4.78 is 62.4. The summed E-state index contributed by atoms with van der Waals surface area (Å²) in [6.45, 7) is 0.468. The van der Waals surface area contributed by atoms with Gasteiger partial charge in [0.25, 0.3) is 21.8 Å². The molecule has 0 aliphatic carbocycles. The Morgan fingerprint density at radius 3 is 2.17 bits per heavy atom. The van der Waals surface area contributed by atoms with Crippen molar-refractivity contribution >= 4 is 38.4 Å². The number of halogens is 2. The molecule has 12 heteroatoms. The zero-order chi connectivity index (χ0) is 28.4. The minimum absolute atomic E-state index is 0.00418. The molecule has 1 aromatic heterocycles. The Bertz CT molecular complexity index is 1700. The van der Waals surface area contributed by atoms with Crippen LogP contribution in [0.2, 0.25) is 0 Å². The molecule has 1 aliphatic rings. The maximum atomic E-state index is 14.0. The molecule has 206 valence electrons. The minimum atomic E-state index is -4.05. The first kappa shape index (κ1) is 27.0. The van der Waals surface area contributed by atoms with Crippen LogP contribution in [0.5, 0.6) is 5.75 Å². The highest BCUT2D eigenvalue weighted by atomic mass is 32.2. The molecular weight excluding hydrogens is 542 g/mol. The molecule has 40 heavy (non-hydrogen) atoms. The first-order valence-electron chi connectivity index (χ1n) is 12.3. The molecule has 1 fully saturated rings. The molecule has 5 rings (SSSR count). The summed E-state index contributed by atoms with van der Waals surface area (Å²) in [5, 5.41) is 0.666. The predicted molar refractivity (Wildman–Crippen MR) is 144 cm³/mol. The van der Waals surface area contributed by atoms with Gasteiger partial charge in [0.05, 0.1) is 18.3 Å². The fourth-order valence-electron chi connectivity index (χ4n) is 4.56. The molecule has 0 unspecified atom stereocenters. The average molecular weight is 567 g/mol. The van der Waals surface area contributed by atoms with E-state index >= 15 is 0 Å². The number of methoxy groups -OCH3 is 1. The topological polar surface area (TPSA) is 109 Å². The average Bonchev–Trinajstić information content (AvgIpc) is 2.96. The lowest BCUT2D eigenvalue weighted by molar-refractivity contribution is 0.0529. The number of hydrogen-bond acceptors (Lipinski definition) is 6. The summed E-state index contributed by atoms with van der Waals surface area (Å²) in [6.07, 6.45) is 1.51. The van der Waals surface area contributed by atoms with E-state index < -0.39 is 33.1 Å². The Morgan fingerprint density at radius 2 is 1.50 bits per heavy atom. The second-order valence-corrected chi connectivity index (χ2v) is 10.7. The molecular formula is C28H24F2N4O5S. The molecule has 9 nitrogen and oxygen atoms in total. The van der Waals surface area contributed by atoms with E-state index in [1.165, 1.54) is 53.4 Å². The van der Waals surface area contributed by atoms with E-state index in [9.17, 15) is 26.8 Å². The van der Waals surface area contributed by atoms with Gasteiger partial charge in [0.15, 0.2) is 0 Å². The number of hydrogen-bond donors (Lipinski definition) is 1. The van der Waals surface area contributed by atoms with Gasteiger partial charge in [0.1, 0.15) is 27.8 Å². The van der Waals surface area contributed by atoms with Crippen LogP contribution >= 0.6 is 0 Å². The Morgan fingerprint density at radius 1 is 0.875 bits per heavy atom. The highest BCUT2D eigenvalue weighted by Crippen LogP contribution is 2.30. The monoisotopic (exact) mass is 566 g/mol. The summed E-state index contributed by atoms with van der Waals surface area (Å²) in [7, 11) is -2.69. The lowest BCUT2D eigenvalue weighted by atomic mass is 10.1. The number of nitrogens with one attached hydrogen (secondary N) is 1. The number of nitrogens with zero attached hydrogens (tertiary/aromatic N) is 3. The van der Waals surface area contributed by atoms with Crippen molar-refractivity contribution < 1.29 is 31.5 Å². The van der Waals surface area contributed by atoms with Crippen LogP contribution in [-0.4, -0.2) is 68.3 Å². The molecule has 0 atom stereocenters. The summed E-state index contributed by atoms with van der Waals surface area (Å²) in [5.41, 5.74) is 0.0730. The Hall–Kier alpha value is -4.58. The fourth-order valence-corrected chi connectivity index (χ4v) is 5.81. The molecule has 0 saturated carbocycles. The zero-order valence-electron chi connectivity index (χ0n) is 21.3. The van der Waals surface area contributed by atoms with Gasteiger partial charge in [-0.05, 0) is 42.5 Å². The Kier molecular flexibility index (Phi) is 7.35. The number of amides is 2. The molecule has 1 N–H and O–H groups in total. The van der Waals surface area contributed by atoms with Crippen molar-refractivity contribution in [3.8, 4) is 5.75 Å². The van der Waals surface area contributed by atoms with Crippen molar-refractivity contribution in [2.24, 2.45) is 0 Å². The molecule has 2 amide bonds. The number of anilines is 1. The molecule has 1 saturated heterocycles. The third-order valence-electron chi connectivity index (χ3n) is 6.61. The number of benzene rings is 3. The van der Waals surface area contributed by atoms with E-state index in [1.54, 1.807) is 24.3 Å². The third kappa shape index (κ3) is 5.17. The number of aromatic nitrogens is 1. The number of rotatable bonds is 6. The smallest absolute Gasteiger partial charge is 0.264 e. The standard InChI is InChI=1S/C28H24F2N4O5S/c1-39-23-17-19(10-11-22(23)32-40(37,38)24-9-2-5-18-6-4-12-31-26(18)24)27(35)33-13-15-34(16-14-33)28(36)25-20(29)7-3-8-21(25)30/h2-12,17,32H,13-16H2,1H3. The van der Waals surface area contributed by atoms with Gasteiger partial charge < -0.3 is 14.5 Å². The van der Waals surface area contributed by atoms with Crippen LogP contribution < -0.4 is 9.46 Å². The van der Waals surface area contributed by atoms with Crippen molar-refractivity contribution in [2.45, 2.75) is 4.90 Å². The quantitative estimate of drug-likeness (QED) is 0.379. The van der Waals surface area contributed by atoms with Crippen LogP contribution in [0.15, 0.2) is 77.8 Å². The largest absolute Gasteiger partial charge is 0.495 e. The van der Waals surface area contributed by atoms with Gasteiger partial charge in [0.2, 0.25) is 0 Å². The van der Waals surface area contributed by atoms with Gasteiger partial charge in [-0.3, -0.25) is 19.3 Å². The van der Waals surface area contributed by atoms with Crippen molar-refractivity contribution in [1.29, 1.82) is 0 Å². The van der Waals surface area contributed by atoms with Crippen molar-refractivity contribution in [2.75, 3.05) is 38.0 Å². The normalized spacial score (nSPS) is 13.8. The number of sulfonamides is 1. The first-order valence-corrected chi connectivity index (χ1v) is 13.7. The van der Waals surface area contributed by atoms with Crippen molar-refractivity contribution in [3.05, 3.63) is 95.7 Å². The van der Waals surface area contributed by atoms with E-state index in [1.807, 2.05) is 0 Å². The second kappa shape index (κ2) is 10.9. The number of ether oxygens (including phenoxy) is 1. The summed E-state index contributed by atoms with van der Waals surface area (Å²) in [4.78, 5) is 32.8. The lowest BCUT2D eigenvalue weighted by Crippen LogP contribution is -2.50. The molecule has 3 aromatic carbocycles. The van der Waals surface area contributed by atoms with Gasteiger partial charge in [0, 0.05) is 43.3 Å². The molecule has 0 spiro atoms. The van der Waals surface area contributed by atoms with Crippen LogP contribution in [-0.2, 0) is 10.0 Å². The number of para-hydroxylation sites is 1. The lowest BCUT2D eigenvalue weighted by Gasteiger charge is -2.35. The number of carbonyl (C=O) groups is 2. The zero-order valence-corrected chi connectivity index (χ0v) is 22.1. The highest BCUT2D eigenvalue weighted by Gasteiger charge is 2.29. The van der Waals surface area contributed by atoms with Crippen LogP contribution in [0, 0.1) is 11.6 Å². The Labute approximate surface area is 229 Å². The van der Waals surface area contributed by atoms with Crippen molar-refractivity contribution in [1.82, 2.24) is 14.8 Å². The molecule has 4 aromatic rings. The van der Waals surface area contributed by atoms with Crippen LogP contribution in [0.4, 0.5) is 14.5 Å². The van der Waals surface area contributed by atoms with Crippen LogP contribution in [0.25, 0.3) is 10.9 Å². The van der Waals surface area contributed by atoms with E-state index in [0.29, 0.717) is 10.9 Å². The minimum Gasteiger partial charge on any atom is -0.495 e. The maximum Gasteiger partial charge on any atom is 0.264 e. The van der Waals surface area contributed by atoms with Crippen LogP contribution in [0.3, 0.4) is 0 Å². The van der Waals surface area contributed by atoms with Gasteiger partial charge >= 0.3 is 0 Å². The number of piperazine rings is 1. The number of carbonyl (C=O) groups excluding carboxylic acids is 2. The van der Waals surface area contributed by atoms with E-state index in [0.717, 1.165) is 12.1 Å². The van der Waals surface area contributed by atoms with Gasteiger partial charge in [-0.1, -0.05) is 24.3 Å². The summed E-state index contributed by atoms with van der Waals surface area (Å²) >= 11 is 0. The first-order chi connectivity index (χ1) is 19.2. The Balaban J connectivity index is 1.30. The van der Waals surface area contributed by atoms with E-state index in [-0.39, 0.29) is 54.0 Å². The molecule has 0 radical (unpaired) electrons. The predicted octanol–water partition coefficient (Wildman–Crippen LogP) is 3.92. The van der Waals surface area contributed by atoms with Gasteiger partial charge in [-0.2, -0.15) is 0 Å². The second-order valence-electron chi connectivity index (χ2n) is 9.03. The van der Waals surface area contributed by atoms with Gasteiger partial charge in [-0.15, -0.1) is 0 Å². The summed E-state index contributed by atoms with van der Waals surface area (Å²) in [5.74, 6) is -2.89. The molecule has 1 aliphatic heterocycles.